The molecule has 0 saturated carbocycles. The number of hydrogen-bond acceptors (Lipinski definition) is 5. The van der Waals surface area contributed by atoms with Gasteiger partial charge in [-0.3, -0.25) is 10.1 Å². The van der Waals surface area contributed by atoms with Gasteiger partial charge in [0.15, 0.2) is 0 Å². The fraction of sp³-hybridized carbons (Fsp3) is 0.429. The molecule has 0 radical (unpaired) electrons. The molecule has 1 aromatic rings. The topological polar surface area (TPSA) is 81.8 Å². The fourth-order valence-electron chi connectivity index (χ4n) is 2.17. The van der Waals surface area contributed by atoms with Crippen LogP contribution in [0.3, 0.4) is 0 Å². The Morgan fingerprint density at radius 1 is 1.38 bits per heavy atom. The smallest absolute Gasteiger partial charge is 0.354 e. The van der Waals surface area contributed by atoms with Crippen LogP contribution in [0.2, 0.25) is 5.02 Å². The number of hydrogen-bond donors (Lipinski definition) is 0. The van der Waals surface area contributed by atoms with Gasteiger partial charge in [0.1, 0.15) is 11.6 Å². The minimum absolute atomic E-state index is 0.0797. The number of nitro groups is 1. The van der Waals surface area contributed by atoms with Crippen molar-refractivity contribution in [2.75, 3.05) is 6.54 Å². The number of carbonyl (C=O) groups is 1. The summed E-state index contributed by atoms with van der Waals surface area (Å²) in [5, 5.41) is 11.4. The minimum Gasteiger partial charge on any atom is -0.434 e. The molecule has 2 atom stereocenters. The van der Waals surface area contributed by atoms with Gasteiger partial charge in [0.05, 0.1) is 0 Å². The molecule has 0 fully saturated rings. The highest BCUT2D eigenvalue weighted by molar-refractivity contribution is 6.38. The number of rotatable bonds is 5. The first-order valence-corrected chi connectivity index (χ1v) is 6.92. The molecule has 1 aliphatic rings. The zero-order valence-corrected chi connectivity index (χ0v) is 12.4. The highest BCUT2D eigenvalue weighted by Crippen LogP contribution is 2.28. The number of esters is 1. The lowest BCUT2D eigenvalue weighted by Gasteiger charge is -2.17. The maximum absolute atomic E-state index is 11.8. The van der Waals surface area contributed by atoms with Crippen molar-refractivity contribution in [1.82, 2.24) is 0 Å². The normalized spacial score (nSPS) is 19.3. The zero-order valence-electron chi connectivity index (χ0n) is 11.7. The van der Waals surface area contributed by atoms with Gasteiger partial charge in [-0.05, 0) is 17.7 Å². The minimum atomic E-state index is -0.860. The van der Waals surface area contributed by atoms with Crippen LogP contribution in [0.1, 0.15) is 25.3 Å². The molecule has 0 aliphatic carbocycles. The maximum atomic E-state index is 11.8. The van der Waals surface area contributed by atoms with Crippen LogP contribution in [0.25, 0.3) is 0 Å². The molecular weight excluding hydrogens is 296 g/mol. The van der Waals surface area contributed by atoms with Crippen LogP contribution in [0.5, 0.6) is 0 Å². The second-order valence-corrected chi connectivity index (χ2v) is 5.57. The maximum Gasteiger partial charge on any atom is 0.354 e. The molecule has 1 unspecified atom stereocenters. The summed E-state index contributed by atoms with van der Waals surface area (Å²) in [4.78, 5) is 26.4. The summed E-state index contributed by atoms with van der Waals surface area (Å²) in [6.07, 6.45) is -0.860. The quantitative estimate of drug-likeness (QED) is 0.475. The average molecular weight is 311 g/mol. The summed E-state index contributed by atoms with van der Waals surface area (Å²) >= 11 is 5.82. The van der Waals surface area contributed by atoms with Crippen LogP contribution < -0.4 is 0 Å². The van der Waals surface area contributed by atoms with Gasteiger partial charge >= 0.3 is 5.97 Å². The number of cyclic esters (lactones) is 1. The van der Waals surface area contributed by atoms with Gasteiger partial charge in [-0.2, -0.15) is 0 Å². The van der Waals surface area contributed by atoms with Crippen LogP contribution >= 0.6 is 11.6 Å². The van der Waals surface area contributed by atoms with Crippen molar-refractivity contribution < 1.29 is 14.5 Å². The van der Waals surface area contributed by atoms with Crippen LogP contribution in [0.4, 0.5) is 0 Å². The van der Waals surface area contributed by atoms with Gasteiger partial charge in [-0.15, -0.1) is 0 Å². The molecule has 6 nitrogen and oxygen atoms in total. The van der Waals surface area contributed by atoms with E-state index >= 15 is 0 Å². The molecule has 21 heavy (non-hydrogen) atoms. The summed E-state index contributed by atoms with van der Waals surface area (Å²) < 4.78 is 5.20. The summed E-state index contributed by atoms with van der Waals surface area (Å²) in [7, 11) is 0. The van der Waals surface area contributed by atoms with E-state index in [2.05, 4.69) is 4.99 Å². The highest BCUT2D eigenvalue weighted by atomic mass is 35.5. The Bertz CT molecular complexity index is 583. The van der Waals surface area contributed by atoms with Crippen LogP contribution in [0, 0.1) is 16.0 Å². The van der Waals surface area contributed by atoms with Crippen molar-refractivity contribution in [3.05, 3.63) is 45.0 Å². The molecule has 0 saturated heterocycles. The van der Waals surface area contributed by atoms with E-state index in [4.69, 9.17) is 16.3 Å². The molecular formula is C14H15ClN2O4. The van der Waals surface area contributed by atoms with Gasteiger partial charge in [-0.1, -0.05) is 37.6 Å². The highest BCUT2D eigenvalue weighted by Gasteiger charge is 2.37. The number of aliphatic imine (C=N–C) groups is 1. The number of carbonyl (C=O) groups excluding carboxylic acids is 1. The first kappa shape index (κ1) is 15.4. The Hall–Kier alpha value is -1.95. The molecule has 1 aromatic carbocycles. The summed E-state index contributed by atoms with van der Waals surface area (Å²) in [5.41, 5.74) is 0.991. The molecule has 0 bridgehead atoms. The number of ether oxygens (including phenoxy) is 1. The predicted octanol–water partition coefficient (Wildman–Crippen LogP) is 2.68. The lowest BCUT2D eigenvalue weighted by Crippen LogP contribution is -2.25. The first-order valence-electron chi connectivity index (χ1n) is 6.54. The third kappa shape index (κ3) is 3.58. The Labute approximate surface area is 126 Å². The standard InChI is InChI=1S/C14H15ClN2O4/c1-8(2)12-14(18)21-13(16-12)11(7-17(19)20)9-3-5-10(15)6-4-9/h3-6,8,11,13H,7H2,1-2H3/t11-,13?/m0/s1. The van der Waals surface area contributed by atoms with Crippen molar-refractivity contribution in [3.8, 4) is 0 Å². The molecule has 2 rings (SSSR count). The van der Waals surface area contributed by atoms with E-state index < -0.39 is 23.0 Å². The van der Waals surface area contributed by atoms with Crippen molar-refractivity contribution in [2.24, 2.45) is 10.9 Å². The SMILES string of the molecule is CC(C)C1=NC([C@@H](C[N+](=O)[O-])c2ccc(Cl)cc2)OC1=O. The lowest BCUT2D eigenvalue weighted by molar-refractivity contribution is -0.485. The molecule has 1 aliphatic heterocycles. The van der Waals surface area contributed by atoms with Crippen LogP contribution in [-0.4, -0.2) is 29.4 Å². The second-order valence-electron chi connectivity index (χ2n) is 5.14. The van der Waals surface area contributed by atoms with Crippen molar-refractivity contribution in [1.29, 1.82) is 0 Å². The van der Waals surface area contributed by atoms with E-state index in [1.807, 2.05) is 13.8 Å². The van der Waals surface area contributed by atoms with Crippen molar-refractivity contribution in [3.63, 3.8) is 0 Å². The first-order chi connectivity index (χ1) is 9.88. The summed E-state index contributed by atoms with van der Waals surface area (Å²) in [6, 6.07) is 6.67. The summed E-state index contributed by atoms with van der Waals surface area (Å²) in [6.45, 7) is 3.29. The fourth-order valence-corrected chi connectivity index (χ4v) is 2.30. The number of halogens is 1. The summed E-state index contributed by atoms with van der Waals surface area (Å²) in [5.74, 6) is -1.21. The zero-order chi connectivity index (χ0) is 15.6. The van der Waals surface area contributed by atoms with E-state index in [-0.39, 0.29) is 12.5 Å². The second kappa shape index (κ2) is 6.22. The van der Waals surface area contributed by atoms with E-state index in [9.17, 15) is 14.9 Å². The average Bonchev–Trinajstić information content (AvgIpc) is 2.79. The van der Waals surface area contributed by atoms with Gasteiger partial charge in [0.25, 0.3) is 0 Å². The van der Waals surface area contributed by atoms with Crippen LogP contribution in [-0.2, 0) is 9.53 Å². The third-order valence-electron chi connectivity index (χ3n) is 3.24. The molecule has 0 spiro atoms. The molecule has 7 heteroatoms. The van der Waals surface area contributed by atoms with E-state index in [1.165, 1.54) is 0 Å². The largest absolute Gasteiger partial charge is 0.434 e. The number of benzene rings is 1. The van der Waals surface area contributed by atoms with Gasteiger partial charge < -0.3 is 4.74 Å². The van der Waals surface area contributed by atoms with Crippen LogP contribution in [0.15, 0.2) is 29.3 Å². The van der Waals surface area contributed by atoms with E-state index in [1.54, 1.807) is 24.3 Å². The monoisotopic (exact) mass is 310 g/mol. The molecule has 0 amide bonds. The molecule has 1 heterocycles. The molecule has 112 valence electrons. The Morgan fingerprint density at radius 2 is 2.00 bits per heavy atom. The Morgan fingerprint density at radius 3 is 2.48 bits per heavy atom. The van der Waals surface area contributed by atoms with Gasteiger partial charge in [-0.25, -0.2) is 9.79 Å². The Balaban J connectivity index is 2.31. The molecule has 0 N–H and O–H groups in total. The Kier molecular flexibility index (Phi) is 4.57. The van der Waals surface area contributed by atoms with Gasteiger partial charge in [0.2, 0.25) is 12.8 Å². The lowest BCUT2D eigenvalue weighted by atomic mass is 9.97. The predicted molar refractivity (Wildman–Crippen MR) is 78.2 cm³/mol. The van der Waals surface area contributed by atoms with E-state index in [0.29, 0.717) is 16.3 Å². The number of nitrogens with zero attached hydrogens (tertiary/aromatic N) is 2. The van der Waals surface area contributed by atoms with Gasteiger partial charge in [0, 0.05) is 15.9 Å². The molecule has 0 aromatic heterocycles. The third-order valence-corrected chi connectivity index (χ3v) is 3.49. The van der Waals surface area contributed by atoms with Crippen molar-refractivity contribution >= 4 is 23.3 Å². The van der Waals surface area contributed by atoms with Crippen molar-refractivity contribution in [2.45, 2.75) is 26.0 Å². The van der Waals surface area contributed by atoms with E-state index in [0.717, 1.165) is 0 Å².